The van der Waals surface area contributed by atoms with E-state index in [1.807, 2.05) is 49.4 Å². The number of anilines is 1. The number of aliphatic imine (C=N–C) groups is 1. The summed E-state index contributed by atoms with van der Waals surface area (Å²) in [6.07, 6.45) is 5.02. The molecule has 1 saturated carbocycles. The van der Waals surface area contributed by atoms with Crippen LogP contribution in [0.1, 0.15) is 66.7 Å². The summed E-state index contributed by atoms with van der Waals surface area (Å²) >= 11 is 0. The van der Waals surface area contributed by atoms with E-state index >= 15 is 0 Å². The quantitative estimate of drug-likeness (QED) is 0.475. The SMILES string of the molecule is CCC(C)NC(=O)c1ccc(C2N=C(Nc3ccc4[nH]ncc4c3C3CC3)N(C)N2)cc1. The van der Waals surface area contributed by atoms with Crippen LogP contribution in [0, 0.1) is 0 Å². The number of nitrogens with zero attached hydrogens (tertiary/aromatic N) is 3. The number of rotatable bonds is 6. The molecule has 8 heteroatoms. The Hall–Kier alpha value is -3.39. The van der Waals surface area contributed by atoms with Crippen LogP contribution >= 0.6 is 0 Å². The zero-order chi connectivity index (χ0) is 22.2. The number of guanidine groups is 1. The van der Waals surface area contributed by atoms with Crippen molar-refractivity contribution in [1.82, 2.24) is 25.9 Å². The Balaban J connectivity index is 1.34. The van der Waals surface area contributed by atoms with Crippen LogP contribution in [-0.2, 0) is 0 Å². The lowest BCUT2D eigenvalue weighted by atomic mass is 10.0. The molecule has 8 nitrogen and oxygen atoms in total. The van der Waals surface area contributed by atoms with Gasteiger partial charge in [-0.2, -0.15) is 5.10 Å². The van der Waals surface area contributed by atoms with Gasteiger partial charge in [-0.05, 0) is 67.5 Å². The van der Waals surface area contributed by atoms with Crippen molar-refractivity contribution in [2.45, 2.75) is 51.2 Å². The van der Waals surface area contributed by atoms with Crippen LogP contribution in [0.25, 0.3) is 10.9 Å². The van der Waals surface area contributed by atoms with E-state index in [4.69, 9.17) is 4.99 Å². The molecule has 3 aromatic rings. The van der Waals surface area contributed by atoms with Gasteiger partial charge in [-0.1, -0.05) is 19.1 Å². The van der Waals surface area contributed by atoms with Crippen molar-refractivity contribution < 1.29 is 4.79 Å². The average Bonchev–Trinajstić information content (AvgIpc) is 3.41. The lowest BCUT2D eigenvalue weighted by Crippen LogP contribution is -2.37. The molecule has 1 aromatic heterocycles. The summed E-state index contributed by atoms with van der Waals surface area (Å²) in [6, 6.07) is 11.9. The second-order valence-electron chi connectivity index (χ2n) is 8.71. The number of hydrogen-bond donors (Lipinski definition) is 4. The largest absolute Gasteiger partial charge is 0.350 e. The minimum absolute atomic E-state index is 0.0458. The first-order valence-corrected chi connectivity index (χ1v) is 11.2. The average molecular weight is 432 g/mol. The predicted molar refractivity (Wildman–Crippen MR) is 126 cm³/mol. The molecule has 0 bridgehead atoms. The molecule has 32 heavy (non-hydrogen) atoms. The van der Waals surface area contributed by atoms with Gasteiger partial charge >= 0.3 is 0 Å². The highest BCUT2D eigenvalue weighted by Crippen LogP contribution is 2.46. The van der Waals surface area contributed by atoms with Crippen molar-refractivity contribution in [3.63, 3.8) is 0 Å². The van der Waals surface area contributed by atoms with Crippen molar-refractivity contribution in [1.29, 1.82) is 0 Å². The van der Waals surface area contributed by atoms with E-state index in [0.29, 0.717) is 11.5 Å². The highest BCUT2D eigenvalue weighted by atomic mass is 16.1. The highest BCUT2D eigenvalue weighted by molar-refractivity contribution is 5.99. The van der Waals surface area contributed by atoms with Crippen LogP contribution in [-0.4, -0.2) is 40.2 Å². The summed E-state index contributed by atoms with van der Waals surface area (Å²) in [6.45, 7) is 4.06. The third kappa shape index (κ3) is 3.93. The topological polar surface area (TPSA) is 97.4 Å². The predicted octanol–water partition coefficient (Wildman–Crippen LogP) is 3.89. The number of fused-ring (bicyclic) bond motifs is 1. The van der Waals surface area contributed by atoms with E-state index < -0.39 is 0 Å². The molecule has 5 rings (SSSR count). The number of nitrogens with one attached hydrogen (secondary N) is 4. The van der Waals surface area contributed by atoms with Crippen molar-refractivity contribution in [2.24, 2.45) is 4.99 Å². The van der Waals surface area contributed by atoms with Crippen LogP contribution < -0.4 is 16.1 Å². The normalized spacial score (nSPS) is 19.2. The maximum atomic E-state index is 12.3. The number of H-pyrrole nitrogens is 1. The Kier molecular flexibility index (Phi) is 5.30. The molecule has 166 valence electrons. The molecule has 1 fully saturated rings. The smallest absolute Gasteiger partial charge is 0.251 e. The summed E-state index contributed by atoms with van der Waals surface area (Å²) in [5.74, 6) is 1.29. The molecular weight excluding hydrogens is 402 g/mol. The Morgan fingerprint density at radius 2 is 2.00 bits per heavy atom. The number of carbonyl (C=O) groups is 1. The maximum Gasteiger partial charge on any atom is 0.251 e. The molecule has 0 saturated heterocycles. The van der Waals surface area contributed by atoms with Crippen LogP contribution in [0.15, 0.2) is 47.6 Å². The standard InChI is InChI=1S/C24H29N7O/c1-4-14(2)26-23(32)17-9-7-16(8-10-17)22-28-24(31(3)30-22)27-20-12-11-19-18(13-25-29-19)21(20)15-5-6-15/h7-15,22,30H,4-6H2,1-3H3,(H,25,29)(H,26,32)(H,27,28). The number of carbonyl (C=O) groups excluding carboxylic acids is 1. The molecule has 2 heterocycles. The molecule has 4 N–H and O–H groups in total. The minimum Gasteiger partial charge on any atom is -0.350 e. The fourth-order valence-corrected chi connectivity index (χ4v) is 4.05. The van der Waals surface area contributed by atoms with Crippen molar-refractivity contribution in [3.05, 3.63) is 59.3 Å². The van der Waals surface area contributed by atoms with Gasteiger partial charge in [0, 0.05) is 29.7 Å². The van der Waals surface area contributed by atoms with Crippen LogP contribution in [0.3, 0.4) is 0 Å². The van der Waals surface area contributed by atoms with Gasteiger partial charge in [-0.15, -0.1) is 0 Å². The fraction of sp³-hybridized carbons (Fsp3) is 0.375. The van der Waals surface area contributed by atoms with Crippen LogP contribution in [0.5, 0.6) is 0 Å². The monoisotopic (exact) mass is 431 g/mol. The zero-order valence-electron chi connectivity index (χ0n) is 18.6. The van der Waals surface area contributed by atoms with E-state index in [9.17, 15) is 4.79 Å². The van der Waals surface area contributed by atoms with Gasteiger partial charge in [0.15, 0.2) is 0 Å². The van der Waals surface area contributed by atoms with Gasteiger partial charge in [0.05, 0.1) is 11.7 Å². The van der Waals surface area contributed by atoms with Gasteiger partial charge < -0.3 is 10.6 Å². The van der Waals surface area contributed by atoms with Crippen LogP contribution in [0.4, 0.5) is 5.69 Å². The summed E-state index contributed by atoms with van der Waals surface area (Å²) in [5.41, 5.74) is 8.48. The number of aromatic amines is 1. The van der Waals surface area contributed by atoms with Crippen molar-refractivity contribution in [2.75, 3.05) is 12.4 Å². The molecule has 2 aliphatic rings. The molecule has 0 spiro atoms. The van der Waals surface area contributed by atoms with Crippen molar-refractivity contribution in [3.8, 4) is 0 Å². The number of amides is 1. The molecule has 2 aromatic carbocycles. The molecule has 1 aliphatic heterocycles. The first kappa shape index (κ1) is 20.5. The Morgan fingerprint density at radius 1 is 1.22 bits per heavy atom. The maximum absolute atomic E-state index is 12.3. The Bertz CT molecular complexity index is 1160. The summed E-state index contributed by atoms with van der Waals surface area (Å²) < 4.78 is 0. The lowest BCUT2D eigenvalue weighted by molar-refractivity contribution is 0.0939. The fourth-order valence-electron chi connectivity index (χ4n) is 4.05. The van der Waals surface area contributed by atoms with E-state index in [1.165, 1.54) is 23.8 Å². The molecule has 1 aliphatic carbocycles. The van der Waals surface area contributed by atoms with Gasteiger partial charge in [0.2, 0.25) is 5.96 Å². The van der Waals surface area contributed by atoms with E-state index in [2.05, 4.69) is 45.3 Å². The number of hydrogen-bond acceptors (Lipinski definition) is 6. The number of hydrazine groups is 1. The second kappa shape index (κ2) is 8.27. The molecule has 2 atom stereocenters. The van der Waals surface area contributed by atoms with Crippen molar-refractivity contribution >= 4 is 28.5 Å². The summed E-state index contributed by atoms with van der Waals surface area (Å²) in [5, 5.41) is 16.9. The lowest BCUT2D eigenvalue weighted by Gasteiger charge is -2.18. The molecule has 0 radical (unpaired) electrons. The second-order valence-corrected chi connectivity index (χ2v) is 8.71. The summed E-state index contributed by atoms with van der Waals surface area (Å²) in [4.78, 5) is 17.2. The zero-order valence-corrected chi connectivity index (χ0v) is 18.6. The Morgan fingerprint density at radius 3 is 2.72 bits per heavy atom. The number of benzene rings is 2. The van der Waals surface area contributed by atoms with E-state index in [0.717, 1.165) is 29.1 Å². The molecule has 1 amide bonds. The van der Waals surface area contributed by atoms with E-state index in [-0.39, 0.29) is 18.1 Å². The molecular formula is C24H29N7O. The van der Waals surface area contributed by atoms with Gasteiger partial charge in [-0.25, -0.2) is 10.4 Å². The summed E-state index contributed by atoms with van der Waals surface area (Å²) in [7, 11) is 1.95. The third-order valence-electron chi connectivity index (χ3n) is 6.26. The van der Waals surface area contributed by atoms with Gasteiger partial charge in [-0.3, -0.25) is 14.9 Å². The molecule has 2 unspecified atom stereocenters. The Labute approximate surface area is 187 Å². The van der Waals surface area contributed by atoms with Crippen LogP contribution in [0.2, 0.25) is 0 Å². The third-order valence-corrected chi connectivity index (χ3v) is 6.26. The number of aromatic nitrogens is 2. The van der Waals surface area contributed by atoms with Gasteiger partial charge in [0.25, 0.3) is 5.91 Å². The minimum atomic E-state index is -0.212. The van der Waals surface area contributed by atoms with Gasteiger partial charge in [0.1, 0.15) is 6.17 Å². The first-order chi connectivity index (χ1) is 15.5. The van der Waals surface area contributed by atoms with E-state index in [1.54, 1.807) is 0 Å². The first-order valence-electron chi connectivity index (χ1n) is 11.2. The highest BCUT2D eigenvalue weighted by Gasteiger charge is 2.30.